The maximum absolute atomic E-state index is 12.9. The van der Waals surface area contributed by atoms with Crippen LogP contribution in [0.4, 0.5) is 17.3 Å². The van der Waals surface area contributed by atoms with Crippen molar-refractivity contribution < 1.29 is 14.3 Å². The number of ether oxygens (including phenoxy) is 1. The van der Waals surface area contributed by atoms with Crippen LogP contribution in [0.5, 0.6) is 5.75 Å². The van der Waals surface area contributed by atoms with Gasteiger partial charge in [-0.2, -0.15) is 0 Å². The molecule has 0 spiro atoms. The average Bonchev–Trinajstić information content (AvgIpc) is 2.89. The molecule has 2 aliphatic rings. The zero-order chi connectivity index (χ0) is 27.0. The van der Waals surface area contributed by atoms with Crippen LogP contribution in [0.25, 0.3) is 11.3 Å². The van der Waals surface area contributed by atoms with Crippen LogP contribution in [0.1, 0.15) is 18.9 Å². The lowest BCUT2D eigenvalue weighted by atomic mass is 9.99. The Morgan fingerprint density at radius 2 is 2.03 bits per heavy atom. The predicted octanol–water partition coefficient (Wildman–Crippen LogP) is 3.74. The van der Waals surface area contributed by atoms with Gasteiger partial charge in [-0.25, -0.2) is 9.97 Å². The molecule has 6 bridgehead atoms. The fraction of sp³-hybridized carbons (Fsp3) is 0.267. The number of benzene rings is 2. The number of fused-ring (bicyclic) bond motifs is 7. The second-order valence-corrected chi connectivity index (χ2v) is 9.35. The lowest BCUT2D eigenvalue weighted by Crippen LogP contribution is -2.54. The number of aromatic nitrogens is 2. The van der Waals surface area contributed by atoms with Crippen LogP contribution in [0.15, 0.2) is 66.9 Å². The van der Waals surface area contributed by atoms with Crippen molar-refractivity contribution in [3.8, 4) is 28.8 Å². The van der Waals surface area contributed by atoms with Gasteiger partial charge >= 0.3 is 0 Å². The molecule has 1 aromatic heterocycles. The molecular formula is C30H30N6O3. The van der Waals surface area contributed by atoms with Crippen LogP contribution in [0.2, 0.25) is 0 Å². The monoisotopic (exact) mass is 522 g/mol. The molecule has 0 aliphatic carbocycles. The van der Waals surface area contributed by atoms with Crippen molar-refractivity contribution in [3.05, 3.63) is 72.4 Å². The topological polar surface area (TPSA) is 108 Å². The predicted molar refractivity (Wildman–Crippen MR) is 150 cm³/mol. The first kappa shape index (κ1) is 25.9. The maximum atomic E-state index is 12.9. The summed E-state index contributed by atoms with van der Waals surface area (Å²) in [5.41, 5.74) is 4.09. The largest absolute Gasteiger partial charge is 0.493 e. The maximum Gasteiger partial charge on any atom is 0.298 e. The van der Waals surface area contributed by atoms with Gasteiger partial charge in [0.25, 0.3) is 5.91 Å². The van der Waals surface area contributed by atoms with Gasteiger partial charge < -0.3 is 25.6 Å². The minimum atomic E-state index is -0.269. The van der Waals surface area contributed by atoms with Gasteiger partial charge in [-0.3, -0.25) is 9.59 Å². The Hall–Kier alpha value is -4.68. The molecular weight excluding hydrogens is 492 g/mol. The third-order valence-electron chi connectivity index (χ3n) is 6.38. The number of nitrogens with zero attached hydrogens (tertiary/aromatic N) is 3. The number of nitrogens with one attached hydrogen (secondary N) is 3. The molecule has 1 saturated heterocycles. The number of carbonyl (C=O) groups is 2. The molecule has 0 atom stereocenters. The lowest BCUT2D eigenvalue weighted by Gasteiger charge is -2.36. The highest BCUT2D eigenvalue weighted by Gasteiger charge is 2.35. The van der Waals surface area contributed by atoms with Crippen molar-refractivity contribution >= 4 is 29.1 Å². The van der Waals surface area contributed by atoms with Crippen molar-refractivity contribution in [2.24, 2.45) is 5.92 Å². The van der Waals surface area contributed by atoms with E-state index in [-0.39, 0.29) is 17.7 Å². The van der Waals surface area contributed by atoms with Gasteiger partial charge in [0.05, 0.1) is 18.2 Å². The molecule has 0 unspecified atom stereocenters. The number of rotatable bonds is 2. The standard InChI is InChI=1S/C30H30N6O3/c1-2-7-28(37)36-19-23(20-36)29(38)33-24-14-21-15-25(17-24)34-30-32-12-10-27(35-30)22-8-6-9-26(16-22)39-13-5-3-4-11-31-18-21/h3-4,6,8-10,12,14-17,23,31H,5,11,13,18-20H2,1H3,(H,33,38)(H,32,34,35)/b4-3+. The number of carbonyl (C=O) groups excluding carboxylic acids is 2. The van der Waals surface area contributed by atoms with Crippen molar-refractivity contribution in [2.45, 2.75) is 19.9 Å². The summed E-state index contributed by atoms with van der Waals surface area (Å²) < 4.78 is 5.91. The van der Waals surface area contributed by atoms with E-state index in [1.165, 1.54) is 0 Å². The zero-order valence-electron chi connectivity index (χ0n) is 21.7. The summed E-state index contributed by atoms with van der Waals surface area (Å²) in [5, 5.41) is 9.71. The molecule has 5 rings (SSSR count). The Morgan fingerprint density at radius 3 is 2.90 bits per heavy atom. The van der Waals surface area contributed by atoms with E-state index in [1.54, 1.807) is 18.0 Å². The first-order valence-electron chi connectivity index (χ1n) is 12.9. The van der Waals surface area contributed by atoms with Gasteiger partial charge in [0.1, 0.15) is 5.75 Å². The second kappa shape index (κ2) is 12.2. The first-order chi connectivity index (χ1) is 19.1. The fourth-order valence-electron chi connectivity index (χ4n) is 4.38. The Kier molecular flexibility index (Phi) is 8.15. The van der Waals surface area contributed by atoms with Crippen LogP contribution in [0.3, 0.4) is 0 Å². The third kappa shape index (κ3) is 6.80. The molecule has 2 aliphatic heterocycles. The van der Waals surface area contributed by atoms with E-state index in [4.69, 9.17) is 9.72 Å². The first-order valence-corrected chi connectivity index (χ1v) is 12.9. The van der Waals surface area contributed by atoms with Crippen molar-refractivity contribution in [2.75, 3.05) is 36.9 Å². The highest BCUT2D eigenvalue weighted by atomic mass is 16.5. The van der Waals surface area contributed by atoms with Gasteiger partial charge in [-0.15, -0.1) is 0 Å². The molecule has 39 heavy (non-hydrogen) atoms. The lowest BCUT2D eigenvalue weighted by molar-refractivity contribution is -0.136. The van der Waals surface area contributed by atoms with E-state index in [9.17, 15) is 9.59 Å². The van der Waals surface area contributed by atoms with Crippen molar-refractivity contribution in [1.82, 2.24) is 20.2 Å². The van der Waals surface area contributed by atoms with Gasteiger partial charge in [0, 0.05) is 49.3 Å². The molecule has 198 valence electrons. The Bertz CT molecular complexity index is 1450. The molecule has 9 heteroatoms. The number of likely N-dealkylation sites (tertiary alicyclic amines) is 1. The van der Waals surface area contributed by atoms with E-state index in [0.29, 0.717) is 44.4 Å². The highest BCUT2D eigenvalue weighted by Crippen LogP contribution is 2.26. The molecule has 0 saturated carbocycles. The van der Waals surface area contributed by atoms with E-state index in [1.807, 2.05) is 48.5 Å². The summed E-state index contributed by atoms with van der Waals surface area (Å²) in [6, 6.07) is 15.5. The Labute approximate surface area is 227 Å². The molecule has 3 heterocycles. The van der Waals surface area contributed by atoms with E-state index in [0.717, 1.165) is 34.7 Å². The van der Waals surface area contributed by atoms with E-state index < -0.39 is 0 Å². The van der Waals surface area contributed by atoms with Gasteiger partial charge in [-0.05, 0) is 61.2 Å². The van der Waals surface area contributed by atoms with Crippen molar-refractivity contribution in [3.63, 3.8) is 0 Å². The van der Waals surface area contributed by atoms with Crippen LogP contribution in [-0.2, 0) is 16.1 Å². The molecule has 3 aromatic rings. The average molecular weight is 523 g/mol. The Balaban J connectivity index is 1.37. The van der Waals surface area contributed by atoms with Crippen LogP contribution in [-0.4, -0.2) is 52.9 Å². The quantitative estimate of drug-likeness (QED) is 0.348. The SMILES string of the molecule is CC#CC(=O)N1CC(C(=O)Nc2cc3cc(c2)Nc2nccc(n2)-c2cccc(c2)OCC/C=C/CNC3)C1. The van der Waals surface area contributed by atoms with Gasteiger partial charge in [-0.1, -0.05) is 30.2 Å². The molecule has 2 aromatic carbocycles. The normalized spacial score (nSPS) is 16.1. The summed E-state index contributed by atoms with van der Waals surface area (Å²) in [5.74, 6) is 5.70. The minimum Gasteiger partial charge on any atom is -0.493 e. The van der Waals surface area contributed by atoms with E-state index >= 15 is 0 Å². The summed E-state index contributed by atoms with van der Waals surface area (Å²) >= 11 is 0. The van der Waals surface area contributed by atoms with Crippen molar-refractivity contribution in [1.29, 1.82) is 0 Å². The van der Waals surface area contributed by atoms with Crippen LogP contribution >= 0.6 is 0 Å². The molecule has 0 radical (unpaired) electrons. The number of hydrogen-bond acceptors (Lipinski definition) is 7. The Morgan fingerprint density at radius 1 is 1.13 bits per heavy atom. The smallest absolute Gasteiger partial charge is 0.298 e. The minimum absolute atomic E-state index is 0.127. The summed E-state index contributed by atoms with van der Waals surface area (Å²) in [4.78, 5) is 35.5. The van der Waals surface area contributed by atoms with Crippen LogP contribution in [0, 0.1) is 17.8 Å². The zero-order valence-corrected chi connectivity index (χ0v) is 21.7. The van der Waals surface area contributed by atoms with Crippen LogP contribution < -0.4 is 20.7 Å². The number of amides is 2. The molecule has 1 fully saturated rings. The van der Waals surface area contributed by atoms with Gasteiger partial charge in [0.2, 0.25) is 11.9 Å². The molecule has 3 N–H and O–H groups in total. The summed E-state index contributed by atoms with van der Waals surface area (Å²) in [7, 11) is 0. The van der Waals surface area contributed by atoms with Gasteiger partial charge in [0.15, 0.2) is 0 Å². The molecule has 2 amide bonds. The number of anilines is 3. The number of hydrogen-bond donors (Lipinski definition) is 3. The summed E-state index contributed by atoms with van der Waals surface area (Å²) in [6.45, 7) is 4.24. The highest BCUT2D eigenvalue weighted by molar-refractivity contribution is 5.98. The second-order valence-electron chi connectivity index (χ2n) is 9.35. The van der Waals surface area contributed by atoms with E-state index in [2.05, 4.69) is 44.9 Å². The summed E-state index contributed by atoms with van der Waals surface area (Å²) in [6.07, 6.45) is 6.69. The third-order valence-corrected chi connectivity index (χ3v) is 6.38. The molecule has 9 nitrogen and oxygen atoms in total. The fourth-order valence-corrected chi connectivity index (χ4v) is 4.38.